The van der Waals surface area contributed by atoms with Crippen molar-refractivity contribution in [1.82, 2.24) is 14.5 Å². The molecule has 3 rings (SSSR count). The normalized spacial score (nSPS) is 11.7. The maximum Gasteiger partial charge on any atom is 0.355 e. The molecule has 0 saturated heterocycles. The second kappa shape index (κ2) is 10.7. The zero-order valence-corrected chi connectivity index (χ0v) is 20.7. The first kappa shape index (κ1) is 25.2. The average Bonchev–Trinajstić information content (AvgIpc) is 3.05. The van der Waals surface area contributed by atoms with Gasteiger partial charge in [0.05, 0.1) is 23.2 Å². The molecule has 178 valence electrons. The number of carbonyl (C=O) groups is 3. The standard InChI is InChI=1S/C26H28ClN3O4/c1-6-34-26(33)23-16(2)22(17(3)29(23)5)24(31)18(4)30(15-19-10-9-13-28-14-19)25(32)20-11-7-8-12-21(20)27/h7-14,18H,6,15H2,1-5H3. The van der Waals surface area contributed by atoms with Crippen molar-refractivity contribution in [2.75, 3.05) is 6.61 Å². The van der Waals surface area contributed by atoms with Gasteiger partial charge in [0.25, 0.3) is 5.91 Å². The van der Waals surface area contributed by atoms with E-state index in [1.165, 1.54) is 4.90 Å². The molecule has 1 unspecified atom stereocenters. The minimum absolute atomic E-state index is 0.167. The monoisotopic (exact) mass is 481 g/mol. The molecule has 8 heteroatoms. The molecule has 0 aliphatic carbocycles. The van der Waals surface area contributed by atoms with Crippen LogP contribution in [0.3, 0.4) is 0 Å². The number of ketones is 1. The number of hydrogen-bond acceptors (Lipinski definition) is 5. The minimum Gasteiger partial charge on any atom is -0.461 e. The summed E-state index contributed by atoms with van der Waals surface area (Å²) in [5, 5.41) is 0.306. The summed E-state index contributed by atoms with van der Waals surface area (Å²) in [5.74, 6) is -1.13. The molecule has 0 aliphatic rings. The van der Waals surface area contributed by atoms with E-state index in [4.69, 9.17) is 16.3 Å². The summed E-state index contributed by atoms with van der Waals surface area (Å²) in [6, 6.07) is 9.53. The van der Waals surface area contributed by atoms with Crippen LogP contribution >= 0.6 is 11.6 Å². The van der Waals surface area contributed by atoms with Gasteiger partial charge in [0.15, 0.2) is 5.78 Å². The number of Topliss-reactive ketones (excluding diaryl/α,β-unsaturated/α-hetero) is 1. The highest BCUT2D eigenvalue weighted by molar-refractivity contribution is 6.33. The number of halogens is 1. The summed E-state index contributed by atoms with van der Waals surface area (Å²) in [4.78, 5) is 45.5. The molecule has 0 fully saturated rings. The summed E-state index contributed by atoms with van der Waals surface area (Å²) in [6.45, 7) is 7.31. The van der Waals surface area contributed by atoms with Crippen LogP contribution in [0.2, 0.25) is 5.02 Å². The molecule has 2 aromatic heterocycles. The number of pyridine rings is 1. The van der Waals surface area contributed by atoms with Gasteiger partial charge in [-0.1, -0.05) is 29.8 Å². The van der Waals surface area contributed by atoms with Gasteiger partial charge < -0.3 is 14.2 Å². The van der Waals surface area contributed by atoms with E-state index in [1.807, 2.05) is 6.07 Å². The second-order valence-electron chi connectivity index (χ2n) is 8.03. The van der Waals surface area contributed by atoms with Crippen LogP contribution in [0, 0.1) is 13.8 Å². The number of esters is 1. The number of hydrogen-bond donors (Lipinski definition) is 0. The summed E-state index contributed by atoms with van der Waals surface area (Å²) in [5.41, 5.74) is 2.97. The number of carbonyl (C=O) groups excluding carboxylic acids is 3. The highest BCUT2D eigenvalue weighted by atomic mass is 35.5. The largest absolute Gasteiger partial charge is 0.461 e. The molecular weight excluding hydrogens is 454 g/mol. The van der Waals surface area contributed by atoms with Gasteiger partial charge in [-0.05, 0) is 57.0 Å². The van der Waals surface area contributed by atoms with Crippen LogP contribution in [0.25, 0.3) is 0 Å². The first-order chi connectivity index (χ1) is 16.2. The van der Waals surface area contributed by atoms with E-state index < -0.39 is 12.0 Å². The van der Waals surface area contributed by atoms with Crippen LogP contribution in [0.1, 0.15) is 61.9 Å². The third-order valence-electron chi connectivity index (χ3n) is 5.93. The Hall–Kier alpha value is -3.45. The number of benzene rings is 1. The van der Waals surface area contributed by atoms with Crippen LogP contribution < -0.4 is 0 Å². The van der Waals surface area contributed by atoms with Gasteiger partial charge in [-0.2, -0.15) is 0 Å². The Morgan fingerprint density at radius 1 is 1.15 bits per heavy atom. The molecular formula is C26H28ClN3O4. The molecule has 1 amide bonds. The fraction of sp³-hybridized carbons (Fsp3) is 0.308. The van der Waals surface area contributed by atoms with E-state index in [2.05, 4.69) is 4.98 Å². The van der Waals surface area contributed by atoms with Crippen molar-refractivity contribution >= 4 is 29.3 Å². The lowest BCUT2D eigenvalue weighted by Crippen LogP contribution is -2.43. The van der Waals surface area contributed by atoms with Gasteiger partial charge >= 0.3 is 5.97 Å². The molecule has 0 N–H and O–H groups in total. The summed E-state index contributed by atoms with van der Waals surface area (Å²) < 4.78 is 6.84. The van der Waals surface area contributed by atoms with Gasteiger partial charge in [0.2, 0.25) is 0 Å². The Morgan fingerprint density at radius 3 is 2.47 bits per heavy atom. The molecule has 0 saturated carbocycles. The predicted molar refractivity (Wildman–Crippen MR) is 130 cm³/mol. The van der Waals surface area contributed by atoms with Gasteiger partial charge in [-0.3, -0.25) is 14.6 Å². The van der Waals surface area contributed by atoms with E-state index in [-0.39, 0.29) is 24.8 Å². The SMILES string of the molecule is CCOC(=O)c1c(C)c(C(=O)C(C)N(Cc2cccnc2)C(=O)c2ccccc2Cl)c(C)n1C. The molecule has 1 aromatic carbocycles. The summed E-state index contributed by atoms with van der Waals surface area (Å²) in [7, 11) is 1.72. The van der Waals surface area contributed by atoms with Crippen LogP contribution in [-0.4, -0.2) is 44.8 Å². The van der Waals surface area contributed by atoms with E-state index in [0.717, 1.165) is 5.56 Å². The molecule has 1 atom stereocenters. The lowest BCUT2D eigenvalue weighted by molar-refractivity contribution is 0.0513. The fourth-order valence-electron chi connectivity index (χ4n) is 4.04. The number of ether oxygens (including phenoxy) is 1. The first-order valence-electron chi connectivity index (χ1n) is 11.0. The number of amides is 1. The lowest BCUT2D eigenvalue weighted by Gasteiger charge is -2.29. The Labute approximate surface area is 204 Å². The zero-order chi connectivity index (χ0) is 25.0. The van der Waals surface area contributed by atoms with Crippen molar-refractivity contribution in [3.8, 4) is 0 Å². The topological polar surface area (TPSA) is 81.5 Å². The number of nitrogens with zero attached hydrogens (tertiary/aromatic N) is 3. The second-order valence-corrected chi connectivity index (χ2v) is 8.44. The van der Waals surface area contributed by atoms with Gasteiger partial charge in [-0.25, -0.2) is 4.79 Å². The fourth-order valence-corrected chi connectivity index (χ4v) is 4.26. The lowest BCUT2D eigenvalue weighted by atomic mass is 9.98. The maximum absolute atomic E-state index is 13.8. The Kier molecular flexibility index (Phi) is 7.89. The van der Waals surface area contributed by atoms with E-state index >= 15 is 0 Å². The summed E-state index contributed by atoms with van der Waals surface area (Å²) in [6.07, 6.45) is 3.30. The molecule has 0 bridgehead atoms. The molecule has 2 heterocycles. The van der Waals surface area contributed by atoms with Crippen molar-refractivity contribution in [1.29, 1.82) is 0 Å². The molecule has 0 radical (unpaired) electrons. The van der Waals surface area contributed by atoms with Crippen molar-refractivity contribution in [2.24, 2.45) is 7.05 Å². The molecule has 7 nitrogen and oxygen atoms in total. The Balaban J connectivity index is 2.04. The van der Waals surface area contributed by atoms with Gasteiger partial charge in [0, 0.05) is 37.2 Å². The van der Waals surface area contributed by atoms with Crippen LogP contribution in [-0.2, 0) is 18.3 Å². The smallest absolute Gasteiger partial charge is 0.355 e. The van der Waals surface area contributed by atoms with E-state index in [0.29, 0.717) is 33.1 Å². The van der Waals surface area contributed by atoms with Crippen molar-refractivity contribution < 1.29 is 19.1 Å². The maximum atomic E-state index is 13.8. The third kappa shape index (κ3) is 4.89. The van der Waals surface area contributed by atoms with Crippen molar-refractivity contribution in [3.63, 3.8) is 0 Å². The summed E-state index contributed by atoms with van der Waals surface area (Å²) >= 11 is 6.31. The first-order valence-corrected chi connectivity index (χ1v) is 11.4. The quantitative estimate of drug-likeness (QED) is 0.341. The van der Waals surface area contributed by atoms with Crippen LogP contribution in [0.15, 0.2) is 48.8 Å². The van der Waals surface area contributed by atoms with Gasteiger partial charge in [0.1, 0.15) is 5.69 Å². The minimum atomic E-state index is -0.834. The number of rotatable bonds is 8. The van der Waals surface area contributed by atoms with Crippen LogP contribution in [0.5, 0.6) is 0 Å². The highest BCUT2D eigenvalue weighted by Gasteiger charge is 2.33. The molecule has 3 aromatic rings. The van der Waals surface area contributed by atoms with E-state index in [1.54, 1.807) is 82.0 Å². The van der Waals surface area contributed by atoms with Gasteiger partial charge in [-0.15, -0.1) is 0 Å². The third-order valence-corrected chi connectivity index (χ3v) is 6.26. The Bertz CT molecular complexity index is 1220. The van der Waals surface area contributed by atoms with Crippen molar-refractivity contribution in [3.05, 3.63) is 87.5 Å². The highest BCUT2D eigenvalue weighted by Crippen LogP contribution is 2.27. The predicted octanol–water partition coefficient (Wildman–Crippen LogP) is 4.78. The molecule has 34 heavy (non-hydrogen) atoms. The van der Waals surface area contributed by atoms with E-state index in [9.17, 15) is 14.4 Å². The van der Waals surface area contributed by atoms with Crippen molar-refractivity contribution in [2.45, 2.75) is 40.3 Å². The number of aromatic nitrogens is 2. The van der Waals surface area contributed by atoms with Crippen LogP contribution in [0.4, 0.5) is 0 Å². The average molecular weight is 482 g/mol. The molecule has 0 spiro atoms. The Morgan fingerprint density at radius 2 is 1.85 bits per heavy atom. The zero-order valence-electron chi connectivity index (χ0n) is 20.0. The molecule has 0 aliphatic heterocycles.